The molecular weight excluding hydrogens is 278 g/mol. The number of aromatic nitrogens is 1. The highest BCUT2D eigenvalue weighted by atomic mass is 16.2. The van der Waals surface area contributed by atoms with Gasteiger partial charge in [0.15, 0.2) is 0 Å². The number of carbonyl (C=O) groups is 1. The molecule has 112 valence electrons. The van der Waals surface area contributed by atoms with Gasteiger partial charge in [-0.3, -0.25) is 10.9 Å². The molecule has 0 saturated heterocycles. The first-order chi connectivity index (χ1) is 10.6. The van der Waals surface area contributed by atoms with E-state index in [1.807, 2.05) is 44.2 Å². The van der Waals surface area contributed by atoms with E-state index in [9.17, 15) is 4.79 Å². The van der Waals surface area contributed by atoms with Gasteiger partial charge in [0.2, 0.25) is 0 Å². The summed E-state index contributed by atoms with van der Waals surface area (Å²) in [6, 6.07) is 11.3. The Hall–Kier alpha value is -3.07. The molecule has 6 heteroatoms. The van der Waals surface area contributed by atoms with Crippen molar-refractivity contribution < 1.29 is 4.79 Å². The van der Waals surface area contributed by atoms with E-state index < -0.39 is 0 Å². The van der Waals surface area contributed by atoms with Gasteiger partial charge in [0.25, 0.3) is 0 Å². The number of amides is 2. The van der Waals surface area contributed by atoms with Crippen molar-refractivity contribution in [2.75, 3.05) is 5.43 Å². The smallest absolute Gasteiger partial charge is 0.333 e. The Morgan fingerprint density at radius 3 is 2.82 bits per heavy atom. The van der Waals surface area contributed by atoms with Crippen molar-refractivity contribution in [2.24, 2.45) is 0 Å². The predicted molar refractivity (Wildman–Crippen MR) is 83.9 cm³/mol. The standard InChI is InChI=1S/C16H17N5O/c1-11-4-3-5-13(6-11)9-19-16(22)21-20-15-12(2)7-14(8-17)10-18-15/h3-7,10H,9H2,1-2H3,(H,18,20)(H2,19,21,22). The van der Waals surface area contributed by atoms with E-state index in [1.54, 1.807) is 6.07 Å². The third-order valence-corrected chi connectivity index (χ3v) is 3.04. The van der Waals surface area contributed by atoms with Crippen LogP contribution in [0.2, 0.25) is 0 Å². The van der Waals surface area contributed by atoms with E-state index in [-0.39, 0.29) is 6.03 Å². The highest BCUT2D eigenvalue weighted by Gasteiger charge is 2.04. The zero-order valence-electron chi connectivity index (χ0n) is 12.5. The molecule has 2 amide bonds. The fourth-order valence-electron chi connectivity index (χ4n) is 1.93. The van der Waals surface area contributed by atoms with Crippen LogP contribution >= 0.6 is 0 Å². The average molecular weight is 295 g/mol. The van der Waals surface area contributed by atoms with Gasteiger partial charge >= 0.3 is 6.03 Å². The largest absolute Gasteiger partial charge is 0.333 e. The van der Waals surface area contributed by atoms with E-state index in [1.165, 1.54) is 6.20 Å². The van der Waals surface area contributed by atoms with Crippen molar-refractivity contribution in [2.45, 2.75) is 20.4 Å². The maximum absolute atomic E-state index is 11.7. The quantitative estimate of drug-likeness (QED) is 0.755. The summed E-state index contributed by atoms with van der Waals surface area (Å²) >= 11 is 0. The molecule has 0 atom stereocenters. The van der Waals surface area contributed by atoms with Crippen molar-refractivity contribution in [3.63, 3.8) is 0 Å². The molecule has 1 aromatic carbocycles. The van der Waals surface area contributed by atoms with Crippen LogP contribution in [-0.4, -0.2) is 11.0 Å². The van der Waals surface area contributed by atoms with Crippen LogP contribution in [0.15, 0.2) is 36.5 Å². The Kier molecular flexibility index (Phi) is 4.94. The topological polar surface area (TPSA) is 89.8 Å². The van der Waals surface area contributed by atoms with Crippen molar-refractivity contribution in [1.82, 2.24) is 15.7 Å². The fraction of sp³-hybridized carbons (Fsp3) is 0.188. The summed E-state index contributed by atoms with van der Waals surface area (Å²) in [5.74, 6) is 0.504. The summed E-state index contributed by atoms with van der Waals surface area (Å²) in [7, 11) is 0. The van der Waals surface area contributed by atoms with E-state index >= 15 is 0 Å². The minimum atomic E-state index is -0.355. The third kappa shape index (κ3) is 4.21. The molecule has 0 bridgehead atoms. The summed E-state index contributed by atoms with van der Waals surface area (Å²) in [5.41, 5.74) is 8.68. The number of hydrazine groups is 1. The fourth-order valence-corrected chi connectivity index (χ4v) is 1.93. The lowest BCUT2D eigenvalue weighted by Gasteiger charge is -2.11. The van der Waals surface area contributed by atoms with Gasteiger partial charge in [0.05, 0.1) is 5.56 Å². The van der Waals surface area contributed by atoms with Crippen LogP contribution in [-0.2, 0) is 6.54 Å². The van der Waals surface area contributed by atoms with Crippen molar-refractivity contribution in [3.8, 4) is 6.07 Å². The van der Waals surface area contributed by atoms with Crippen LogP contribution in [0.25, 0.3) is 0 Å². The lowest BCUT2D eigenvalue weighted by atomic mass is 10.1. The van der Waals surface area contributed by atoms with Gasteiger partial charge in [-0.05, 0) is 31.0 Å². The normalized spacial score (nSPS) is 9.68. The number of hydrogen-bond acceptors (Lipinski definition) is 4. The number of nitriles is 1. The molecule has 0 aliphatic rings. The van der Waals surface area contributed by atoms with Gasteiger partial charge in [0, 0.05) is 12.7 Å². The summed E-state index contributed by atoms with van der Waals surface area (Å²) in [4.78, 5) is 15.8. The molecule has 6 nitrogen and oxygen atoms in total. The van der Waals surface area contributed by atoms with Crippen LogP contribution < -0.4 is 16.2 Å². The monoisotopic (exact) mass is 295 g/mol. The SMILES string of the molecule is Cc1cccc(CNC(=O)NNc2ncc(C#N)cc2C)c1. The summed E-state index contributed by atoms with van der Waals surface area (Å²) in [6.45, 7) is 4.25. The van der Waals surface area contributed by atoms with E-state index in [0.717, 1.165) is 16.7 Å². The lowest BCUT2D eigenvalue weighted by molar-refractivity contribution is 0.242. The van der Waals surface area contributed by atoms with E-state index in [2.05, 4.69) is 21.2 Å². The van der Waals surface area contributed by atoms with Gasteiger partial charge in [-0.15, -0.1) is 0 Å². The zero-order chi connectivity index (χ0) is 15.9. The van der Waals surface area contributed by atoms with Crippen LogP contribution in [0.1, 0.15) is 22.3 Å². The average Bonchev–Trinajstić information content (AvgIpc) is 2.51. The van der Waals surface area contributed by atoms with Gasteiger partial charge in [-0.2, -0.15) is 5.26 Å². The van der Waals surface area contributed by atoms with Gasteiger partial charge in [-0.25, -0.2) is 9.78 Å². The molecule has 0 fully saturated rings. The first-order valence-corrected chi connectivity index (χ1v) is 6.80. The van der Waals surface area contributed by atoms with Crippen molar-refractivity contribution in [3.05, 3.63) is 58.8 Å². The summed E-state index contributed by atoms with van der Waals surface area (Å²) < 4.78 is 0. The molecule has 0 spiro atoms. The number of nitrogens with one attached hydrogen (secondary N) is 3. The third-order valence-electron chi connectivity index (χ3n) is 3.04. The molecule has 0 aliphatic carbocycles. The number of rotatable bonds is 4. The molecule has 2 aromatic rings. The van der Waals surface area contributed by atoms with Crippen molar-refractivity contribution >= 4 is 11.8 Å². The molecule has 0 radical (unpaired) electrons. The molecule has 0 aliphatic heterocycles. The summed E-state index contributed by atoms with van der Waals surface area (Å²) in [6.07, 6.45) is 1.45. The Bertz CT molecular complexity index is 721. The molecule has 1 aromatic heterocycles. The van der Waals surface area contributed by atoms with Gasteiger partial charge < -0.3 is 5.32 Å². The van der Waals surface area contributed by atoms with Crippen LogP contribution in [0.5, 0.6) is 0 Å². The number of hydrogen-bond donors (Lipinski definition) is 3. The first-order valence-electron chi connectivity index (χ1n) is 6.80. The molecule has 3 N–H and O–H groups in total. The Morgan fingerprint density at radius 1 is 1.32 bits per heavy atom. The number of benzene rings is 1. The van der Waals surface area contributed by atoms with E-state index in [0.29, 0.717) is 17.9 Å². The lowest BCUT2D eigenvalue weighted by Crippen LogP contribution is -2.39. The molecule has 0 unspecified atom stereocenters. The van der Waals surface area contributed by atoms with Crippen LogP contribution in [0.3, 0.4) is 0 Å². The predicted octanol–water partition coefficient (Wildman–Crippen LogP) is 2.40. The molecule has 1 heterocycles. The van der Waals surface area contributed by atoms with Gasteiger partial charge in [0.1, 0.15) is 11.9 Å². The Labute approximate surface area is 129 Å². The Morgan fingerprint density at radius 2 is 2.14 bits per heavy atom. The second-order valence-corrected chi connectivity index (χ2v) is 4.92. The number of pyridine rings is 1. The minimum absolute atomic E-state index is 0.355. The molecular formula is C16H17N5O. The minimum Gasteiger partial charge on any atom is -0.333 e. The van der Waals surface area contributed by atoms with Crippen LogP contribution in [0.4, 0.5) is 10.6 Å². The van der Waals surface area contributed by atoms with Crippen LogP contribution in [0, 0.1) is 25.2 Å². The highest BCUT2D eigenvalue weighted by Crippen LogP contribution is 2.10. The molecule has 0 saturated carbocycles. The number of anilines is 1. The molecule has 22 heavy (non-hydrogen) atoms. The van der Waals surface area contributed by atoms with Gasteiger partial charge in [-0.1, -0.05) is 29.8 Å². The highest BCUT2D eigenvalue weighted by molar-refractivity contribution is 5.75. The Balaban J connectivity index is 1.84. The van der Waals surface area contributed by atoms with Crippen molar-refractivity contribution in [1.29, 1.82) is 5.26 Å². The molecule has 2 rings (SSSR count). The summed E-state index contributed by atoms with van der Waals surface area (Å²) in [5, 5.41) is 11.5. The maximum atomic E-state index is 11.7. The van der Waals surface area contributed by atoms with E-state index in [4.69, 9.17) is 5.26 Å². The second kappa shape index (κ2) is 7.09. The first kappa shape index (κ1) is 15.3. The number of nitrogens with zero attached hydrogens (tertiary/aromatic N) is 2. The number of urea groups is 1. The maximum Gasteiger partial charge on any atom is 0.333 e. The number of aryl methyl sites for hydroxylation is 2. The zero-order valence-corrected chi connectivity index (χ0v) is 12.5. The second-order valence-electron chi connectivity index (χ2n) is 4.92. The number of carbonyl (C=O) groups excluding carboxylic acids is 1.